The number of hydrogen-bond donors (Lipinski definition) is 3. The maximum Gasteiger partial charge on any atom is 0.251 e. The topological polar surface area (TPSA) is 61.4 Å². The van der Waals surface area contributed by atoms with Crippen molar-refractivity contribution in [2.45, 2.75) is 12.8 Å². The first-order valence-electron chi connectivity index (χ1n) is 6.14. The van der Waals surface area contributed by atoms with Gasteiger partial charge in [-0.05, 0) is 66.0 Å². The van der Waals surface area contributed by atoms with Crippen LogP contribution in [0.4, 0.5) is 0 Å². The van der Waals surface area contributed by atoms with Crippen LogP contribution in [0.1, 0.15) is 23.2 Å². The first kappa shape index (κ1) is 13.4. The molecule has 1 amide bonds. The summed E-state index contributed by atoms with van der Waals surface area (Å²) >= 11 is 3.19. The minimum atomic E-state index is -0.135. The molecule has 1 aliphatic heterocycles. The summed E-state index contributed by atoms with van der Waals surface area (Å²) in [6.45, 7) is 2.82. The van der Waals surface area contributed by atoms with Crippen LogP contribution < -0.4 is 10.6 Å². The SMILES string of the molecule is O=C(NCCC1CCNC1)c1ccc(Br)c(O)c1. The molecule has 0 spiro atoms. The summed E-state index contributed by atoms with van der Waals surface area (Å²) in [7, 11) is 0. The molecule has 1 heterocycles. The van der Waals surface area contributed by atoms with Gasteiger partial charge in [0.1, 0.15) is 5.75 Å². The second-order valence-corrected chi connectivity index (χ2v) is 5.42. The van der Waals surface area contributed by atoms with Gasteiger partial charge in [0.05, 0.1) is 4.47 Å². The van der Waals surface area contributed by atoms with Gasteiger partial charge in [-0.1, -0.05) is 0 Å². The molecule has 3 N–H and O–H groups in total. The average Bonchev–Trinajstić information content (AvgIpc) is 2.85. The predicted octanol–water partition coefficient (Wildman–Crippen LogP) is 1.88. The standard InChI is InChI=1S/C13H17BrN2O2/c14-11-2-1-10(7-12(11)17)13(18)16-6-4-9-3-5-15-8-9/h1-2,7,9,15,17H,3-6,8H2,(H,16,18). The summed E-state index contributed by atoms with van der Waals surface area (Å²) < 4.78 is 0.594. The molecular formula is C13H17BrN2O2. The summed E-state index contributed by atoms with van der Waals surface area (Å²) in [6, 6.07) is 4.83. The highest BCUT2D eigenvalue weighted by atomic mass is 79.9. The third kappa shape index (κ3) is 3.46. The zero-order valence-corrected chi connectivity index (χ0v) is 11.7. The second kappa shape index (κ2) is 6.20. The van der Waals surface area contributed by atoms with E-state index in [0.717, 1.165) is 19.5 Å². The Morgan fingerprint density at radius 1 is 1.56 bits per heavy atom. The van der Waals surface area contributed by atoms with Crippen molar-refractivity contribution in [3.63, 3.8) is 0 Å². The maximum atomic E-state index is 11.8. The minimum Gasteiger partial charge on any atom is -0.507 e. The van der Waals surface area contributed by atoms with Crippen molar-refractivity contribution in [3.8, 4) is 5.75 Å². The van der Waals surface area contributed by atoms with Gasteiger partial charge < -0.3 is 15.7 Å². The number of carbonyl (C=O) groups is 1. The van der Waals surface area contributed by atoms with E-state index in [1.807, 2.05) is 0 Å². The van der Waals surface area contributed by atoms with E-state index >= 15 is 0 Å². The summed E-state index contributed by atoms with van der Waals surface area (Å²) in [5.74, 6) is 0.620. The molecule has 0 aromatic heterocycles. The van der Waals surface area contributed by atoms with Crippen LogP contribution in [0.2, 0.25) is 0 Å². The van der Waals surface area contributed by atoms with Crippen molar-refractivity contribution in [2.24, 2.45) is 5.92 Å². The molecule has 1 aromatic rings. The minimum absolute atomic E-state index is 0.0858. The van der Waals surface area contributed by atoms with Crippen molar-refractivity contribution in [1.82, 2.24) is 10.6 Å². The molecule has 98 valence electrons. The molecule has 4 nitrogen and oxygen atoms in total. The first-order chi connectivity index (χ1) is 8.66. The zero-order valence-electron chi connectivity index (χ0n) is 10.1. The van der Waals surface area contributed by atoms with Crippen LogP contribution in [0.3, 0.4) is 0 Å². The Morgan fingerprint density at radius 3 is 3.06 bits per heavy atom. The average molecular weight is 313 g/mol. The lowest BCUT2D eigenvalue weighted by Gasteiger charge is -2.09. The van der Waals surface area contributed by atoms with E-state index in [2.05, 4.69) is 26.6 Å². The summed E-state index contributed by atoms with van der Waals surface area (Å²) in [5, 5.41) is 15.7. The number of benzene rings is 1. The predicted molar refractivity (Wildman–Crippen MR) is 73.7 cm³/mol. The van der Waals surface area contributed by atoms with Crippen LogP contribution in [0.5, 0.6) is 5.75 Å². The van der Waals surface area contributed by atoms with Gasteiger partial charge in [0.2, 0.25) is 0 Å². The lowest BCUT2D eigenvalue weighted by molar-refractivity contribution is 0.0951. The third-order valence-corrected chi connectivity index (χ3v) is 3.88. The number of aromatic hydroxyl groups is 1. The number of rotatable bonds is 4. The number of amides is 1. The molecule has 1 atom stereocenters. The van der Waals surface area contributed by atoms with Crippen molar-refractivity contribution in [3.05, 3.63) is 28.2 Å². The van der Waals surface area contributed by atoms with Gasteiger partial charge in [-0.3, -0.25) is 4.79 Å². The van der Waals surface area contributed by atoms with E-state index in [4.69, 9.17) is 0 Å². The fraction of sp³-hybridized carbons (Fsp3) is 0.462. The molecule has 1 saturated heterocycles. The second-order valence-electron chi connectivity index (χ2n) is 4.57. The summed E-state index contributed by atoms with van der Waals surface area (Å²) in [5.41, 5.74) is 0.486. The van der Waals surface area contributed by atoms with Gasteiger partial charge in [-0.15, -0.1) is 0 Å². The van der Waals surface area contributed by atoms with Crippen LogP contribution in [-0.4, -0.2) is 30.6 Å². The molecule has 2 rings (SSSR count). The molecule has 1 fully saturated rings. The van der Waals surface area contributed by atoms with Crippen molar-refractivity contribution >= 4 is 21.8 Å². The maximum absolute atomic E-state index is 11.8. The fourth-order valence-electron chi connectivity index (χ4n) is 2.11. The molecule has 1 aliphatic rings. The van der Waals surface area contributed by atoms with Gasteiger partial charge in [0, 0.05) is 12.1 Å². The molecule has 1 aromatic carbocycles. The van der Waals surface area contributed by atoms with E-state index in [-0.39, 0.29) is 11.7 Å². The van der Waals surface area contributed by atoms with E-state index in [0.29, 0.717) is 22.5 Å². The van der Waals surface area contributed by atoms with Crippen LogP contribution in [0.15, 0.2) is 22.7 Å². The Kier molecular flexibility index (Phi) is 4.60. The molecule has 1 unspecified atom stereocenters. The highest BCUT2D eigenvalue weighted by Gasteiger charge is 2.14. The highest BCUT2D eigenvalue weighted by Crippen LogP contribution is 2.24. The number of nitrogens with one attached hydrogen (secondary N) is 2. The van der Waals surface area contributed by atoms with Gasteiger partial charge in [0.15, 0.2) is 0 Å². The largest absolute Gasteiger partial charge is 0.507 e. The normalized spacial score (nSPS) is 18.8. The van der Waals surface area contributed by atoms with Crippen molar-refractivity contribution in [2.75, 3.05) is 19.6 Å². The highest BCUT2D eigenvalue weighted by molar-refractivity contribution is 9.10. The monoisotopic (exact) mass is 312 g/mol. The van der Waals surface area contributed by atoms with Gasteiger partial charge in [-0.2, -0.15) is 0 Å². The number of halogens is 1. The zero-order chi connectivity index (χ0) is 13.0. The van der Waals surface area contributed by atoms with Crippen molar-refractivity contribution < 1.29 is 9.90 Å². The quantitative estimate of drug-likeness (QED) is 0.795. The fourth-order valence-corrected chi connectivity index (χ4v) is 2.35. The Labute approximate surface area is 115 Å². The molecule has 18 heavy (non-hydrogen) atoms. The van der Waals surface area contributed by atoms with Crippen molar-refractivity contribution in [1.29, 1.82) is 0 Å². The number of carbonyl (C=O) groups excluding carboxylic acids is 1. The lowest BCUT2D eigenvalue weighted by Crippen LogP contribution is -2.26. The Morgan fingerprint density at radius 2 is 2.39 bits per heavy atom. The van der Waals surface area contributed by atoms with Crippen LogP contribution in [0, 0.1) is 5.92 Å². The van der Waals surface area contributed by atoms with Gasteiger partial charge >= 0.3 is 0 Å². The molecule has 0 bridgehead atoms. The number of hydrogen-bond acceptors (Lipinski definition) is 3. The molecular weight excluding hydrogens is 296 g/mol. The Balaban J connectivity index is 1.81. The van der Waals surface area contributed by atoms with E-state index < -0.39 is 0 Å². The van der Waals surface area contributed by atoms with E-state index in [1.165, 1.54) is 12.5 Å². The Hall–Kier alpha value is -1.07. The van der Waals surface area contributed by atoms with Gasteiger partial charge in [0.25, 0.3) is 5.91 Å². The smallest absolute Gasteiger partial charge is 0.251 e. The Bertz CT molecular complexity index is 431. The molecule has 0 saturated carbocycles. The first-order valence-corrected chi connectivity index (χ1v) is 6.93. The van der Waals surface area contributed by atoms with E-state index in [1.54, 1.807) is 12.1 Å². The number of phenols is 1. The van der Waals surface area contributed by atoms with Crippen LogP contribution >= 0.6 is 15.9 Å². The summed E-state index contributed by atoms with van der Waals surface area (Å²) in [4.78, 5) is 11.8. The molecule has 0 radical (unpaired) electrons. The third-order valence-electron chi connectivity index (χ3n) is 3.21. The lowest BCUT2D eigenvalue weighted by atomic mass is 10.1. The van der Waals surface area contributed by atoms with Crippen LogP contribution in [0.25, 0.3) is 0 Å². The number of phenolic OH excluding ortho intramolecular Hbond substituents is 1. The van der Waals surface area contributed by atoms with Gasteiger partial charge in [-0.25, -0.2) is 0 Å². The van der Waals surface area contributed by atoms with E-state index in [9.17, 15) is 9.90 Å². The summed E-state index contributed by atoms with van der Waals surface area (Å²) in [6.07, 6.45) is 2.19. The molecule has 5 heteroatoms. The van der Waals surface area contributed by atoms with Crippen LogP contribution in [-0.2, 0) is 0 Å². The molecule has 0 aliphatic carbocycles.